The van der Waals surface area contributed by atoms with Crippen LogP contribution in [-0.4, -0.2) is 19.1 Å². The first-order chi connectivity index (χ1) is 7.77. The number of nitrogens with one attached hydrogen (secondary N) is 1. The average Bonchev–Trinajstić information content (AvgIpc) is 2.83. The molecule has 2 heterocycles. The molecule has 0 radical (unpaired) electrons. The number of amides is 1. The standard InChI is InChI=1S/C12H17NO2S/c1-9(11-3-2-8-16-11)13-12(14)10-4-6-15-7-5-10/h2-3,8-10H,4-7H2,1H3,(H,13,14)/t9-/m0/s1. The van der Waals surface area contributed by atoms with E-state index in [4.69, 9.17) is 4.74 Å². The van der Waals surface area contributed by atoms with E-state index in [0.29, 0.717) is 13.2 Å². The van der Waals surface area contributed by atoms with Gasteiger partial charge < -0.3 is 10.1 Å². The third-order valence-electron chi connectivity index (χ3n) is 2.92. The molecule has 1 aliphatic rings. The van der Waals surface area contributed by atoms with Gasteiger partial charge in [0.15, 0.2) is 0 Å². The van der Waals surface area contributed by atoms with Crippen molar-refractivity contribution in [1.29, 1.82) is 0 Å². The molecule has 1 aromatic heterocycles. The molecule has 16 heavy (non-hydrogen) atoms. The Balaban J connectivity index is 1.86. The SMILES string of the molecule is C[C@H](NC(=O)C1CCOCC1)c1cccs1. The molecule has 3 nitrogen and oxygen atoms in total. The van der Waals surface area contributed by atoms with Gasteiger partial charge in [-0.15, -0.1) is 11.3 Å². The summed E-state index contributed by atoms with van der Waals surface area (Å²) in [5.41, 5.74) is 0. The highest BCUT2D eigenvalue weighted by Crippen LogP contribution is 2.20. The van der Waals surface area contributed by atoms with Gasteiger partial charge in [-0.25, -0.2) is 0 Å². The topological polar surface area (TPSA) is 38.3 Å². The van der Waals surface area contributed by atoms with E-state index in [2.05, 4.69) is 11.4 Å². The molecule has 88 valence electrons. The summed E-state index contributed by atoms with van der Waals surface area (Å²) >= 11 is 1.68. The molecule has 0 aromatic carbocycles. The molecule has 0 saturated carbocycles. The van der Waals surface area contributed by atoms with E-state index in [0.717, 1.165) is 12.8 Å². The van der Waals surface area contributed by atoms with Gasteiger partial charge in [-0.3, -0.25) is 4.79 Å². The maximum atomic E-state index is 11.9. The third-order valence-corrected chi connectivity index (χ3v) is 3.98. The van der Waals surface area contributed by atoms with Crippen molar-refractivity contribution in [3.63, 3.8) is 0 Å². The number of carbonyl (C=O) groups excluding carboxylic acids is 1. The van der Waals surface area contributed by atoms with Gasteiger partial charge in [-0.2, -0.15) is 0 Å². The van der Waals surface area contributed by atoms with Crippen molar-refractivity contribution in [3.05, 3.63) is 22.4 Å². The highest BCUT2D eigenvalue weighted by atomic mass is 32.1. The molecule has 1 aromatic rings. The number of rotatable bonds is 3. The van der Waals surface area contributed by atoms with Gasteiger partial charge in [-0.05, 0) is 31.2 Å². The lowest BCUT2D eigenvalue weighted by atomic mass is 9.99. The van der Waals surface area contributed by atoms with Gasteiger partial charge in [0.2, 0.25) is 5.91 Å². The van der Waals surface area contributed by atoms with Crippen LogP contribution in [0.5, 0.6) is 0 Å². The highest BCUT2D eigenvalue weighted by molar-refractivity contribution is 7.10. The summed E-state index contributed by atoms with van der Waals surface area (Å²) in [7, 11) is 0. The van der Waals surface area contributed by atoms with Crippen molar-refractivity contribution in [3.8, 4) is 0 Å². The number of thiophene rings is 1. The van der Waals surface area contributed by atoms with E-state index >= 15 is 0 Å². The minimum atomic E-state index is 0.121. The van der Waals surface area contributed by atoms with Gasteiger partial charge >= 0.3 is 0 Å². The Morgan fingerprint density at radius 1 is 1.56 bits per heavy atom. The van der Waals surface area contributed by atoms with Crippen LogP contribution in [0, 0.1) is 5.92 Å². The van der Waals surface area contributed by atoms with E-state index in [-0.39, 0.29) is 17.9 Å². The first kappa shape index (κ1) is 11.6. The zero-order chi connectivity index (χ0) is 11.4. The Morgan fingerprint density at radius 3 is 2.94 bits per heavy atom. The molecule has 1 N–H and O–H groups in total. The number of ether oxygens (including phenoxy) is 1. The molecule has 0 unspecified atom stereocenters. The smallest absolute Gasteiger partial charge is 0.223 e. The molecule has 0 bridgehead atoms. The first-order valence-corrected chi connectivity index (χ1v) is 6.57. The second kappa shape index (κ2) is 5.46. The fourth-order valence-corrected chi connectivity index (χ4v) is 2.63. The molecule has 0 spiro atoms. The minimum Gasteiger partial charge on any atom is -0.381 e. The maximum Gasteiger partial charge on any atom is 0.223 e. The number of hydrogen-bond donors (Lipinski definition) is 1. The van der Waals surface area contributed by atoms with E-state index in [1.807, 2.05) is 18.4 Å². The summed E-state index contributed by atoms with van der Waals surface area (Å²) < 4.78 is 5.25. The van der Waals surface area contributed by atoms with Crippen LogP contribution in [0.1, 0.15) is 30.7 Å². The first-order valence-electron chi connectivity index (χ1n) is 5.69. The number of hydrogen-bond acceptors (Lipinski definition) is 3. The summed E-state index contributed by atoms with van der Waals surface area (Å²) in [5.74, 6) is 0.306. The second-order valence-electron chi connectivity index (χ2n) is 4.13. The van der Waals surface area contributed by atoms with Gasteiger partial charge in [-0.1, -0.05) is 6.07 Å². The predicted octanol–water partition coefficient (Wildman–Crippen LogP) is 2.35. The van der Waals surface area contributed by atoms with E-state index in [9.17, 15) is 4.79 Å². The van der Waals surface area contributed by atoms with Gasteiger partial charge in [0.1, 0.15) is 0 Å². The average molecular weight is 239 g/mol. The van der Waals surface area contributed by atoms with E-state index in [1.54, 1.807) is 11.3 Å². The van der Waals surface area contributed by atoms with Crippen molar-refractivity contribution in [2.75, 3.05) is 13.2 Å². The lowest BCUT2D eigenvalue weighted by Crippen LogP contribution is -2.35. The number of carbonyl (C=O) groups is 1. The van der Waals surface area contributed by atoms with Gasteiger partial charge in [0.05, 0.1) is 6.04 Å². The van der Waals surface area contributed by atoms with Crippen LogP contribution >= 0.6 is 11.3 Å². The van der Waals surface area contributed by atoms with Crippen molar-refractivity contribution >= 4 is 17.2 Å². The zero-order valence-electron chi connectivity index (χ0n) is 9.44. The van der Waals surface area contributed by atoms with Crippen molar-refractivity contribution in [2.24, 2.45) is 5.92 Å². The Kier molecular flexibility index (Phi) is 3.96. The summed E-state index contributed by atoms with van der Waals surface area (Å²) in [4.78, 5) is 13.2. The fraction of sp³-hybridized carbons (Fsp3) is 0.583. The van der Waals surface area contributed by atoms with Crippen LogP contribution in [0.15, 0.2) is 17.5 Å². The molecule has 4 heteroatoms. The molecule has 2 rings (SSSR count). The monoisotopic (exact) mass is 239 g/mol. The Hall–Kier alpha value is -0.870. The van der Waals surface area contributed by atoms with Gasteiger partial charge in [0.25, 0.3) is 0 Å². The Bertz CT molecular complexity index is 331. The zero-order valence-corrected chi connectivity index (χ0v) is 10.3. The molecule has 1 atom stereocenters. The predicted molar refractivity (Wildman–Crippen MR) is 64.4 cm³/mol. The molecule has 1 aliphatic heterocycles. The van der Waals surface area contributed by atoms with Crippen LogP contribution < -0.4 is 5.32 Å². The summed E-state index contributed by atoms with van der Waals surface area (Å²) in [6.45, 7) is 3.46. The molecular formula is C12H17NO2S. The molecular weight excluding hydrogens is 222 g/mol. The minimum absolute atomic E-state index is 0.121. The molecule has 1 amide bonds. The largest absolute Gasteiger partial charge is 0.381 e. The van der Waals surface area contributed by atoms with E-state index in [1.165, 1.54) is 4.88 Å². The lowest BCUT2D eigenvalue weighted by molar-refractivity contribution is -0.128. The lowest BCUT2D eigenvalue weighted by Gasteiger charge is -2.23. The van der Waals surface area contributed by atoms with Crippen LogP contribution in [0.3, 0.4) is 0 Å². The van der Waals surface area contributed by atoms with Gasteiger partial charge in [0, 0.05) is 24.0 Å². The maximum absolute atomic E-state index is 11.9. The highest BCUT2D eigenvalue weighted by Gasteiger charge is 2.22. The fourth-order valence-electron chi connectivity index (χ4n) is 1.90. The van der Waals surface area contributed by atoms with Crippen LogP contribution in [0.4, 0.5) is 0 Å². The molecule has 1 saturated heterocycles. The van der Waals surface area contributed by atoms with Crippen LogP contribution in [0.25, 0.3) is 0 Å². The summed E-state index contributed by atoms with van der Waals surface area (Å²) in [6.07, 6.45) is 1.70. The van der Waals surface area contributed by atoms with Crippen LogP contribution in [-0.2, 0) is 9.53 Å². The van der Waals surface area contributed by atoms with Crippen molar-refractivity contribution < 1.29 is 9.53 Å². The molecule has 0 aliphatic carbocycles. The normalized spacial score (nSPS) is 19.3. The van der Waals surface area contributed by atoms with E-state index < -0.39 is 0 Å². The summed E-state index contributed by atoms with van der Waals surface area (Å²) in [5, 5.41) is 5.10. The quantitative estimate of drug-likeness (QED) is 0.879. The Labute approximate surface area is 99.8 Å². The van der Waals surface area contributed by atoms with Crippen molar-refractivity contribution in [2.45, 2.75) is 25.8 Å². The second-order valence-corrected chi connectivity index (χ2v) is 5.11. The van der Waals surface area contributed by atoms with Crippen molar-refractivity contribution in [1.82, 2.24) is 5.32 Å². The Morgan fingerprint density at radius 2 is 2.31 bits per heavy atom. The van der Waals surface area contributed by atoms with Crippen LogP contribution in [0.2, 0.25) is 0 Å². The third kappa shape index (κ3) is 2.83. The summed E-state index contributed by atoms with van der Waals surface area (Å²) in [6, 6.07) is 4.19. The molecule has 1 fully saturated rings.